The molecule has 1 N–H and O–H groups in total. The van der Waals surface area contributed by atoms with E-state index in [1.807, 2.05) is 20.8 Å². The minimum Gasteiger partial charge on any atom is -0.358 e. The molecule has 0 atom stereocenters. The topological polar surface area (TPSA) is 33.0 Å². The Bertz CT molecular complexity index is 603. The molecule has 28 heavy (non-hydrogen) atoms. The van der Waals surface area contributed by atoms with Gasteiger partial charge in [0, 0.05) is 6.61 Å². The van der Waals surface area contributed by atoms with Crippen LogP contribution in [0.15, 0.2) is 36.4 Å². The van der Waals surface area contributed by atoms with Gasteiger partial charge in [-0.3, -0.25) is 0 Å². The van der Waals surface area contributed by atoms with Gasteiger partial charge in [-0.1, -0.05) is 33.8 Å². The van der Waals surface area contributed by atoms with Crippen molar-refractivity contribution in [2.75, 3.05) is 6.61 Å². The van der Waals surface area contributed by atoms with E-state index in [0.717, 1.165) is 13.0 Å². The van der Waals surface area contributed by atoms with Crippen LogP contribution in [-0.4, -0.2) is 24.7 Å². The van der Waals surface area contributed by atoms with Crippen LogP contribution in [0.25, 0.3) is 16.5 Å². The summed E-state index contributed by atoms with van der Waals surface area (Å²) in [5.74, 6) is 0. The van der Waals surface area contributed by atoms with Crippen LogP contribution >= 0.6 is 17.0 Å². The molecule has 0 heterocycles. The number of aryl methyl sites for hydroxylation is 1. The number of halogens is 2. The fourth-order valence-electron chi connectivity index (χ4n) is 1.68. The maximum Gasteiger partial charge on any atom is -0.358 e. The standard InChI is InChI=1S/C10H9.C6H15OSi.C4H10N.CH3.CH2.2ClH.Zr/c1-8-6-9-4-2-3-5-10(9)7-8;1-5-6-7-8(2,3)4;1-4(2,3)5;;;;;/h2-7H,1H3;1,5-6H2,2-4H3;5H,1-3H3;1H3;1H2;2*1H;/q4*-1;;;;+2/p-2. The van der Waals surface area contributed by atoms with Crippen LogP contribution in [0.5, 0.6) is 0 Å². The summed E-state index contributed by atoms with van der Waals surface area (Å²) in [5.41, 5.74) is 8.04. The second kappa shape index (κ2) is 17.0. The molecule has 0 saturated carbocycles. The van der Waals surface area contributed by atoms with Gasteiger partial charge in [-0.2, -0.15) is 12.5 Å². The molecule has 2 rings (SSSR count). The molecular formula is C22H39Cl2NOSiZr-4. The molecule has 0 aliphatic carbocycles. The van der Waals surface area contributed by atoms with Crippen LogP contribution in [0.2, 0.25) is 19.6 Å². The first-order valence-corrected chi connectivity index (χ1v) is 20.4. The van der Waals surface area contributed by atoms with Gasteiger partial charge in [0.2, 0.25) is 0 Å². The first-order chi connectivity index (χ1) is 12.2. The Morgan fingerprint density at radius 1 is 1.21 bits per heavy atom. The molecule has 0 amide bonds. The predicted molar refractivity (Wildman–Crippen MR) is 133 cm³/mol. The van der Waals surface area contributed by atoms with E-state index in [0.29, 0.717) is 0 Å². The Balaban J connectivity index is -0.000000315. The van der Waals surface area contributed by atoms with Crippen LogP contribution in [0.3, 0.4) is 0 Å². The minimum absolute atomic E-state index is 0. The fraction of sp³-hybridized carbons (Fsp3) is 0.455. The monoisotopic (exact) mass is 521 g/mol. The largest absolute Gasteiger partial charge is 0.358 e. The van der Waals surface area contributed by atoms with Crippen LogP contribution in [-0.2, 0) is 23.3 Å². The van der Waals surface area contributed by atoms with E-state index in [4.69, 9.17) is 27.2 Å². The Labute approximate surface area is 190 Å². The van der Waals surface area contributed by atoms with Crippen molar-refractivity contribution in [1.29, 1.82) is 0 Å². The van der Waals surface area contributed by atoms with E-state index >= 15 is 0 Å². The van der Waals surface area contributed by atoms with Gasteiger partial charge < -0.3 is 24.5 Å². The zero-order valence-electron chi connectivity index (χ0n) is 19.0. The number of hydrogen-bond acceptors (Lipinski definition) is 1. The smallest absolute Gasteiger partial charge is 0.358 e. The van der Waals surface area contributed by atoms with Crippen molar-refractivity contribution >= 4 is 40.3 Å². The van der Waals surface area contributed by atoms with Gasteiger partial charge in [0.05, 0.1) is 0 Å². The van der Waals surface area contributed by atoms with E-state index < -0.39 is 27.2 Å². The molecule has 0 saturated heterocycles. The second-order valence-electron chi connectivity index (χ2n) is 8.06. The maximum absolute atomic E-state index is 6.94. The van der Waals surface area contributed by atoms with Crippen molar-refractivity contribution in [3.05, 3.63) is 62.0 Å². The average molecular weight is 524 g/mol. The van der Waals surface area contributed by atoms with Gasteiger partial charge in [-0.05, 0) is 19.6 Å². The molecule has 2 nitrogen and oxygen atoms in total. The molecule has 164 valence electrons. The summed E-state index contributed by atoms with van der Waals surface area (Å²) in [6.45, 7) is 18.8. The normalized spacial score (nSPS) is 10.2. The van der Waals surface area contributed by atoms with Crippen LogP contribution in [0.1, 0.15) is 32.8 Å². The number of rotatable bonds is 3. The Morgan fingerprint density at radius 3 is 1.96 bits per heavy atom. The first kappa shape index (κ1) is 33.0. The number of hydrogen-bond donors (Lipinski definition) is 0. The second-order valence-corrected chi connectivity index (χ2v) is 20.8. The summed E-state index contributed by atoms with van der Waals surface area (Å²) in [5, 5.41) is 2.69. The maximum atomic E-state index is 6.94. The van der Waals surface area contributed by atoms with Crippen LogP contribution in [0.4, 0.5) is 0 Å². The van der Waals surface area contributed by atoms with Crippen LogP contribution < -0.4 is 0 Å². The van der Waals surface area contributed by atoms with Crippen molar-refractivity contribution in [1.82, 2.24) is 0 Å². The fourth-order valence-corrected chi connectivity index (χ4v) is 2.44. The summed E-state index contributed by atoms with van der Waals surface area (Å²) in [6, 6.07) is 12.8. The molecule has 0 radical (unpaired) electrons. The third kappa shape index (κ3) is 28.5. The molecule has 0 fully saturated rings. The molecular weight excluding hydrogens is 484 g/mol. The van der Waals surface area contributed by atoms with Crippen molar-refractivity contribution in [3.63, 3.8) is 0 Å². The Morgan fingerprint density at radius 2 is 1.64 bits per heavy atom. The van der Waals surface area contributed by atoms with Gasteiger partial charge in [0.25, 0.3) is 0 Å². The molecule has 2 aromatic rings. The first-order valence-electron chi connectivity index (χ1n) is 8.96. The molecule has 6 heteroatoms. The Hall–Kier alpha value is 0.300. The molecule has 0 aromatic heterocycles. The number of fused-ring (bicyclic) bond motifs is 1. The van der Waals surface area contributed by atoms with E-state index in [1.165, 1.54) is 16.3 Å². The van der Waals surface area contributed by atoms with Gasteiger partial charge in [-0.15, -0.1) is 46.1 Å². The molecule has 0 bridgehead atoms. The number of benzene rings is 1. The van der Waals surface area contributed by atoms with E-state index in [2.05, 4.69) is 74.1 Å². The third-order valence-electron chi connectivity index (χ3n) is 2.44. The minimum atomic E-state index is -1.85. The predicted octanol–water partition coefficient (Wildman–Crippen LogP) is 8.56. The molecule has 0 aliphatic heterocycles. The Kier molecular flexibility index (Phi) is 20.0. The molecule has 0 spiro atoms. The molecule has 0 aliphatic rings. The van der Waals surface area contributed by atoms with Crippen molar-refractivity contribution in [2.45, 2.75) is 59.3 Å². The van der Waals surface area contributed by atoms with Gasteiger partial charge in [-0.25, -0.2) is 0 Å². The molecule has 0 unspecified atom stereocenters. The van der Waals surface area contributed by atoms with Crippen molar-refractivity contribution in [3.8, 4) is 0 Å². The third-order valence-corrected chi connectivity index (χ3v) is 3.51. The van der Waals surface area contributed by atoms with E-state index in [-0.39, 0.29) is 13.0 Å². The molecule has 2 aromatic carbocycles. The average Bonchev–Trinajstić information content (AvgIpc) is 2.82. The van der Waals surface area contributed by atoms with E-state index in [1.54, 1.807) is 0 Å². The van der Waals surface area contributed by atoms with Crippen molar-refractivity contribution < 1.29 is 23.3 Å². The summed E-state index contributed by atoms with van der Waals surface area (Å²) >= 11 is -1.85. The van der Waals surface area contributed by atoms with E-state index in [9.17, 15) is 0 Å². The van der Waals surface area contributed by atoms with Gasteiger partial charge in [0.15, 0.2) is 8.32 Å². The van der Waals surface area contributed by atoms with Gasteiger partial charge in [0.1, 0.15) is 0 Å². The van der Waals surface area contributed by atoms with Gasteiger partial charge >= 0.3 is 40.1 Å². The quantitative estimate of drug-likeness (QED) is 0.293. The number of nitrogens with one attached hydrogen (secondary N) is 1. The van der Waals surface area contributed by atoms with Crippen molar-refractivity contribution in [2.24, 2.45) is 0 Å². The summed E-state index contributed by atoms with van der Waals surface area (Å²) in [6.07, 6.45) is 0.893. The SMILES string of the molecule is CC(C)(C)[NH-].Cc1cc2ccccc2[cH-]1.[CH2-]CCO[Si](C)(C)C.[CH2]=[Zr]([Cl])[Cl].[CH3-]. The summed E-state index contributed by atoms with van der Waals surface area (Å²) in [7, 11) is 9.03. The van der Waals surface area contributed by atoms with Crippen LogP contribution in [0, 0.1) is 21.3 Å². The summed E-state index contributed by atoms with van der Waals surface area (Å²) < 4.78 is 8.82. The zero-order chi connectivity index (χ0) is 21.7. The summed E-state index contributed by atoms with van der Waals surface area (Å²) in [4.78, 5) is 0. The zero-order valence-corrected chi connectivity index (χ0v) is 23.9.